The first kappa shape index (κ1) is 12.8. The minimum absolute atomic E-state index is 0.469. The number of nitrogen functional groups attached to an aromatic ring is 1. The average molecular weight is 262 g/mol. The molecule has 0 spiro atoms. The van der Waals surface area contributed by atoms with Crippen molar-refractivity contribution in [3.05, 3.63) is 53.1 Å². The molecule has 18 heavy (non-hydrogen) atoms. The molecule has 2 aromatic rings. The van der Waals surface area contributed by atoms with Crippen LogP contribution in [0.5, 0.6) is 11.5 Å². The third-order valence-electron chi connectivity index (χ3n) is 2.72. The minimum atomic E-state index is 0.469. The molecule has 0 atom stereocenters. The number of rotatable bonds is 3. The summed E-state index contributed by atoms with van der Waals surface area (Å²) in [5.74, 6) is 1.88. The molecule has 2 rings (SSSR count). The highest BCUT2D eigenvalue weighted by Gasteiger charge is 2.05. The smallest absolute Gasteiger partial charge is 0.150 e. The van der Waals surface area contributed by atoms with E-state index in [1.165, 1.54) is 5.56 Å². The van der Waals surface area contributed by atoms with Gasteiger partial charge in [-0.05, 0) is 41.8 Å². The Kier molecular flexibility index (Phi) is 3.78. The van der Waals surface area contributed by atoms with Crippen molar-refractivity contribution in [3.63, 3.8) is 0 Å². The second-order valence-corrected chi connectivity index (χ2v) is 4.95. The summed E-state index contributed by atoms with van der Waals surface area (Å²) in [6, 6.07) is 13.2. The van der Waals surface area contributed by atoms with Crippen molar-refractivity contribution >= 4 is 17.3 Å². The fourth-order valence-corrected chi connectivity index (χ4v) is 1.86. The van der Waals surface area contributed by atoms with Gasteiger partial charge in [0.2, 0.25) is 0 Å². The Morgan fingerprint density at radius 2 is 1.89 bits per heavy atom. The predicted molar refractivity (Wildman–Crippen MR) is 76.5 cm³/mol. The normalized spacial score (nSPS) is 10.7. The van der Waals surface area contributed by atoms with Crippen LogP contribution in [-0.2, 0) is 0 Å². The Balaban J connectivity index is 2.25. The Morgan fingerprint density at radius 1 is 1.11 bits per heavy atom. The fourth-order valence-electron chi connectivity index (χ4n) is 1.68. The van der Waals surface area contributed by atoms with Crippen LogP contribution < -0.4 is 10.5 Å². The Labute approximate surface area is 112 Å². The van der Waals surface area contributed by atoms with Crippen molar-refractivity contribution in [2.24, 2.45) is 0 Å². The first-order valence-electron chi connectivity index (χ1n) is 5.89. The summed E-state index contributed by atoms with van der Waals surface area (Å²) in [7, 11) is 0. The lowest BCUT2D eigenvalue weighted by Crippen LogP contribution is -1.93. The van der Waals surface area contributed by atoms with E-state index < -0.39 is 0 Å². The summed E-state index contributed by atoms with van der Waals surface area (Å²) in [6.45, 7) is 4.30. The summed E-state index contributed by atoms with van der Waals surface area (Å²) >= 11 is 5.85. The van der Waals surface area contributed by atoms with Crippen LogP contribution in [0.3, 0.4) is 0 Å². The van der Waals surface area contributed by atoms with Crippen molar-refractivity contribution in [1.82, 2.24) is 0 Å². The number of hydrogen-bond acceptors (Lipinski definition) is 2. The molecule has 94 valence electrons. The van der Waals surface area contributed by atoms with Crippen LogP contribution in [0.25, 0.3) is 0 Å². The monoisotopic (exact) mass is 261 g/mol. The van der Waals surface area contributed by atoms with Gasteiger partial charge in [-0.25, -0.2) is 0 Å². The van der Waals surface area contributed by atoms with E-state index in [4.69, 9.17) is 22.1 Å². The van der Waals surface area contributed by atoms with E-state index in [2.05, 4.69) is 19.9 Å². The molecule has 0 aliphatic heterocycles. The van der Waals surface area contributed by atoms with Crippen LogP contribution in [0, 0.1) is 0 Å². The molecule has 0 heterocycles. The van der Waals surface area contributed by atoms with Crippen molar-refractivity contribution in [1.29, 1.82) is 0 Å². The van der Waals surface area contributed by atoms with E-state index >= 15 is 0 Å². The molecule has 0 fully saturated rings. The highest BCUT2D eigenvalue weighted by atomic mass is 35.5. The van der Waals surface area contributed by atoms with E-state index in [9.17, 15) is 0 Å². The highest BCUT2D eigenvalue weighted by Crippen LogP contribution is 2.30. The van der Waals surface area contributed by atoms with Gasteiger partial charge >= 0.3 is 0 Å². The van der Waals surface area contributed by atoms with Crippen molar-refractivity contribution in [3.8, 4) is 11.5 Å². The van der Waals surface area contributed by atoms with Gasteiger partial charge in [-0.15, -0.1) is 0 Å². The molecular weight excluding hydrogens is 246 g/mol. The second kappa shape index (κ2) is 5.32. The summed E-state index contributed by atoms with van der Waals surface area (Å²) in [4.78, 5) is 0. The van der Waals surface area contributed by atoms with Crippen molar-refractivity contribution < 1.29 is 4.74 Å². The second-order valence-electron chi connectivity index (χ2n) is 4.51. The quantitative estimate of drug-likeness (QED) is 0.803. The van der Waals surface area contributed by atoms with Crippen LogP contribution in [0.4, 0.5) is 5.69 Å². The number of anilines is 1. The van der Waals surface area contributed by atoms with Crippen LogP contribution in [0.1, 0.15) is 25.3 Å². The number of benzene rings is 2. The molecule has 0 radical (unpaired) electrons. The first-order valence-corrected chi connectivity index (χ1v) is 6.27. The Morgan fingerprint density at radius 3 is 2.56 bits per heavy atom. The number of nitrogens with two attached hydrogens (primary N) is 1. The lowest BCUT2D eigenvalue weighted by atomic mass is 10.0. The molecular formula is C15H16ClNO. The molecule has 0 aliphatic rings. The number of ether oxygens (including phenoxy) is 1. The third kappa shape index (κ3) is 2.96. The van der Waals surface area contributed by atoms with E-state index in [1.807, 2.05) is 18.2 Å². The van der Waals surface area contributed by atoms with E-state index in [0.29, 0.717) is 22.4 Å². The van der Waals surface area contributed by atoms with Gasteiger partial charge in [0.1, 0.15) is 11.5 Å². The highest BCUT2D eigenvalue weighted by molar-refractivity contribution is 6.30. The van der Waals surface area contributed by atoms with E-state index in [-0.39, 0.29) is 0 Å². The average Bonchev–Trinajstić information content (AvgIpc) is 2.33. The van der Waals surface area contributed by atoms with Gasteiger partial charge in [-0.2, -0.15) is 0 Å². The maximum atomic E-state index is 5.86. The molecule has 2 N–H and O–H groups in total. The number of hydrogen-bond donors (Lipinski definition) is 1. The Bertz CT molecular complexity index is 552. The lowest BCUT2D eigenvalue weighted by molar-refractivity contribution is 0.484. The SMILES string of the molecule is CC(C)c1cccc(Oc2ccc(Cl)cc2N)c1. The minimum Gasteiger partial charge on any atom is -0.455 e. The van der Waals surface area contributed by atoms with Gasteiger partial charge in [0.05, 0.1) is 5.69 Å². The van der Waals surface area contributed by atoms with E-state index in [1.54, 1.807) is 18.2 Å². The van der Waals surface area contributed by atoms with Gasteiger partial charge in [-0.3, -0.25) is 0 Å². The third-order valence-corrected chi connectivity index (χ3v) is 2.96. The van der Waals surface area contributed by atoms with Gasteiger partial charge in [-0.1, -0.05) is 37.6 Å². The molecule has 0 aliphatic carbocycles. The van der Waals surface area contributed by atoms with Gasteiger partial charge < -0.3 is 10.5 Å². The van der Waals surface area contributed by atoms with Crippen LogP contribution >= 0.6 is 11.6 Å². The number of halogens is 1. The van der Waals surface area contributed by atoms with Gasteiger partial charge in [0, 0.05) is 5.02 Å². The Hall–Kier alpha value is -1.67. The standard InChI is InChI=1S/C15H16ClNO/c1-10(2)11-4-3-5-13(8-11)18-15-7-6-12(16)9-14(15)17/h3-10H,17H2,1-2H3. The zero-order chi connectivity index (χ0) is 13.1. The summed E-state index contributed by atoms with van der Waals surface area (Å²) in [5, 5.41) is 0.607. The zero-order valence-corrected chi connectivity index (χ0v) is 11.2. The summed E-state index contributed by atoms with van der Waals surface area (Å²) in [6.07, 6.45) is 0. The molecule has 0 bridgehead atoms. The van der Waals surface area contributed by atoms with Crippen LogP contribution in [-0.4, -0.2) is 0 Å². The maximum Gasteiger partial charge on any atom is 0.150 e. The van der Waals surface area contributed by atoms with Crippen LogP contribution in [0.2, 0.25) is 5.02 Å². The molecule has 0 saturated heterocycles. The summed E-state index contributed by atoms with van der Waals surface area (Å²) < 4.78 is 5.77. The topological polar surface area (TPSA) is 35.2 Å². The van der Waals surface area contributed by atoms with E-state index in [0.717, 1.165) is 5.75 Å². The van der Waals surface area contributed by atoms with Crippen molar-refractivity contribution in [2.45, 2.75) is 19.8 Å². The molecule has 2 nitrogen and oxygen atoms in total. The molecule has 2 aromatic carbocycles. The largest absolute Gasteiger partial charge is 0.455 e. The molecule has 0 unspecified atom stereocenters. The molecule has 3 heteroatoms. The molecule has 0 amide bonds. The molecule has 0 aromatic heterocycles. The zero-order valence-electron chi connectivity index (χ0n) is 10.5. The van der Waals surface area contributed by atoms with Gasteiger partial charge in [0.15, 0.2) is 0 Å². The summed E-state index contributed by atoms with van der Waals surface area (Å²) in [5.41, 5.74) is 7.63. The van der Waals surface area contributed by atoms with Crippen LogP contribution in [0.15, 0.2) is 42.5 Å². The first-order chi connectivity index (χ1) is 8.56. The van der Waals surface area contributed by atoms with Crippen molar-refractivity contribution in [2.75, 3.05) is 5.73 Å². The fraction of sp³-hybridized carbons (Fsp3) is 0.200. The van der Waals surface area contributed by atoms with Gasteiger partial charge in [0.25, 0.3) is 0 Å². The maximum absolute atomic E-state index is 5.86. The molecule has 0 saturated carbocycles. The predicted octanol–water partition coefficient (Wildman–Crippen LogP) is 4.84. The lowest BCUT2D eigenvalue weighted by Gasteiger charge is -2.11.